The quantitative estimate of drug-likeness (QED) is 0.316. The van der Waals surface area contributed by atoms with Crippen LogP contribution in [0.25, 0.3) is 0 Å². The van der Waals surface area contributed by atoms with E-state index in [-0.39, 0.29) is 41.5 Å². The molecule has 2 heterocycles. The molecule has 2 saturated heterocycles. The molecule has 2 aliphatic heterocycles. The predicted molar refractivity (Wildman–Crippen MR) is 126 cm³/mol. The van der Waals surface area contributed by atoms with Gasteiger partial charge in [0, 0.05) is 47.0 Å². The van der Waals surface area contributed by atoms with Gasteiger partial charge in [-0.2, -0.15) is 74.5 Å². The van der Waals surface area contributed by atoms with E-state index in [4.69, 9.17) is 0 Å². The molecule has 0 amide bonds. The summed E-state index contributed by atoms with van der Waals surface area (Å²) in [6.07, 6.45) is -2.98. The Morgan fingerprint density at radius 3 is 0.978 bits per heavy atom. The zero-order chi connectivity index (χ0) is 36.5. The van der Waals surface area contributed by atoms with Crippen LogP contribution in [0.15, 0.2) is 0 Å². The van der Waals surface area contributed by atoms with Crippen molar-refractivity contribution in [2.45, 2.75) is 80.4 Å². The Labute approximate surface area is 247 Å². The SMILES string of the molecule is CC(F)(F)C(F)(F)C(F)(F)S(=O)(=O)N1CCCCC1.CC(F)(F)C(F)(F)C(F)(F)S(=O)(=O)N1CCS(=O)(=O)CC1.CC(F)(F)F. The molecule has 0 spiro atoms. The summed E-state index contributed by atoms with van der Waals surface area (Å²) in [5.74, 6) is -24.3. The highest BCUT2D eigenvalue weighted by Gasteiger charge is 2.77. The highest BCUT2D eigenvalue weighted by molar-refractivity contribution is 7.92. The molecule has 0 aromatic rings. The zero-order valence-corrected chi connectivity index (χ0v) is 25.6. The fourth-order valence-corrected chi connectivity index (χ4v) is 7.69. The van der Waals surface area contributed by atoms with Gasteiger partial charge in [0.2, 0.25) is 0 Å². The van der Waals surface area contributed by atoms with Crippen LogP contribution in [0.3, 0.4) is 0 Å². The highest BCUT2D eigenvalue weighted by Crippen LogP contribution is 2.50. The summed E-state index contributed by atoms with van der Waals surface area (Å²) in [5, 5.41) is -11.9. The Bertz CT molecular complexity index is 1300. The smallest absolute Gasteiger partial charge is 0.229 e. The maximum Gasteiger partial charge on any atom is 0.427 e. The number of piperidine rings is 1. The molecule has 26 heteroatoms. The van der Waals surface area contributed by atoms with Crippen LogP contribution in [-0.2, 0) is 29.9 Å². The van der Waals surface area contributed by atoms with Crippen molar-refractivity contribution in [2.24, 2.45) is 0 Å². The number of rotatable bonds is 8. The molecule has 0 aliphatic carbocycles. The molecule has 272 valence electrons. The van der Waals surface area contributed by atoms with Gasteiger partial charge in [0.05, 0.1) is 11.5 Å². The average Bonchev–Trinajstić information content (AvgIpc) is 2.82. The average molecular weight is 761 g/mol. The van der Waals surface area contributed by atoms with Crippen molar-refractivity contribution in [2.75, 3.05) is 37.7 Å². The lowest BCUT2D eigenvalue weighted by Gasteiger charge is -2.35. The minimum atomic E-state index is -6.15. The van der Waals surface area contributed by atoms with Crippen molar-refractivity contribution in [3.8, 4) is 0 Å². The topological polar surface area (TPSA) is 109 Å². The van der Waals surface area contributed by atoms with Gasteiger partial charge in [-0.1, -0.05) is 6.42 Å². The van der Waals surface area contributed by atoms with Gasteiger partial charge in [-0.3, -0.25) is 0 Å². The fourth-order valence-electron chi connectivity index (χ4n) is 3.20. The highest BCUT2D eigenvalue weighted by atomic mass is 32.2. The van der Waals surface area contributed by atoms with Gasteiger partial charge >= 0.3 is 40.4 Å². The monoisotopic (exact) mass is 760 g/mol. The fraction of sp³-hybridized carbons (Fsp3) is 1.00. The van der Waals surface area contributed by atoms with Gasteiger partial charge in [0.25, 0.3) is 20.0 Å². The summed E-state index contributed by atoms with van der Waals surface area (Å²) in [5.41, 5.74) is 0. The molecule has 2 rings (SSSR count). The summed E-state index contributed by atoms with van der Waals surface area (Å²) in [6.45, 7) is -3.51. The number of alkyl halides is 15. The molecule has 2 aliphatic rings. The lowest BCUT2D eigenvalue weighted by Crippen LogP contribution is -2.61. The molecule has 0 aromatic heterocycles. The first kappa shape index (κ1) is 43.7. The van der Waals surface area contributed by atoms with E-state index < -0.39 is 109 Å². The first-order chi connectivity index (χ1) is 19.4. The molecule has 0 N–H and O–H groups in total. The molecular weight excluding hydrogens is 733 g/mol. The van der Waals surface area contributed by atoms with Crippen LogP contribution in [0, 0.1) is 0 Å². The third kappa shape index (κ3) is 9.87. The minimum Gasteiger partial charge on any atom is -0.229 e. The summed E-state index contributed by atoms with van der Waals surface area (Å²) >= 11 is 0. The summed E-state index contributed by atoms with van der Waals surface area (Å²) in [7, 11) is -15.7. The minimum absolute atomic E-state index is 0.149. The summed E-state index contributed by atoms with van der Waals surface area (Å²) in [4.78, 5) is 0. The lowest BCUT2D eigenvalue weighted by molar-refractivity contribution is -0.272. The van der Waals surface area contributed by atoms with Crippen LogP contribution in [0.4, 0.5) is 65.9 Å². The van der Waals surface area contributed by atoms with E-state index in [0.29, 0.717) is 6.42 Å². The number of sulfone groups is 1. The van der Waals surface area contributed by atoms with Crippen LogP contribution < -0.4 is 0 Å². The number of hydrogen-bond acceptors (Lipinski definition) is 6. The van der Waals surface area contributed by atoms with E-state index in [2.05, 4.69) is 0 Å². The van der Waals surface area contributed by atoms with E-state index >= 15 is 0 Å². The van der Waals surface area contributed by atoms with Gasteiger partial charge in [-0.05, 0) is 12.8 Å². The first-order valence-corrected chi connectivity index (χ1v) is 16.7. The standard InChI is InChI=1S/C9H13F6NO2S.C8H11F6NO4S2.C2H3F3/c1-7(10,11)8(12,13)9(14,15)19(17,18)16-5-3-2-4-6-16;1-6(9,10)7(11,12)8(13,14)21(18,19)15-2-4-20(16,17)5-3-15;1-2(3,4)5/h2-6H2,1H3;2-5H2,1H3;1H3. The van der Waals surface area contributed by atoms with Crippen molar-refractivity contribution in [1.82, 2.24) is 8.61 Å². The van der Waals surface area contributed by atoms with Gasteiger partial charge in [-0.25, -0.2) is 25.3 Å². The molecule has 0 radical (unpaired) electrons. The lowest BCUT2D eigenvalue weighted by atomic mass is 10.2. The summed E-state index contributed by atoms with van der Waals surface area (Å²) in [6, 6.07) is 0. The maximum absolute atomic E-state index is 13.4. The van der Waals surface area contributed by atoms with Crippen LogP contribution in [0.5, 0.6) is 0 Å². The van der Waals surface area contributed by atoms with Gasteiger partial charge in [0.1, 0.15) is 0 Å². The molecule has 45 heavy (non-hydrogen) atoms. The Hall–Kier alpha value is -1.28. The van der Waals surface area contributed by atoms with E-state index in [1.165, 1.54) is 0 Å². The predicted octanol–water partition coefficient (Wildman–Crippen LogP) is 5.18. The molecule has 0 saturated carbocycles. The number of hydrogen-bond donors (Lipinski definition) is 0. The van der Waals surface area contributed by atoms with Crippen molar-refractivity contribution in [1.29, 1.82) is 0 Å². The van der Waals surface area contributed by atoms with Gasteiger partial charge < -0.3 is 0 Å². The molecule has 2 fully saturated rings. The normalized spacial score (nSPS) is 20.4. The summed E-state index contributed by atoms with van der Waals surface area (Å²) < 4.78 is 255. The van der Waals surface area contributed by atoms with Crippen molar-refractivity contribution in [3.05, 3.63) is 0 Å². The maximum atomic E-state index is 13.4. The number of nitrogens with zero attached hydrogens (tertiary/aromatic N) is 2. The van der Waals surface area contributed by atoms with Crippen LogP contribution >= 0.6 is 0 Å². The molecule has 0 aromatic carbocycles. The Morgan fingerprint density at radius 1 is 0.489 bits per heavy atom. The second-order valence-corrected chi connectivity index (χ2v) is 16.0. The van der Waals surface area contributed by atoms with E-state index in [1.54, 1.807) is 0 Å². The molecule has 0 unspecified atom stereocenters. The van der Waals surface area contributed by atoms with Gasteiger partial charge in [0.15, 0.2) is 9.84 Å². The number of halogens is 15. The second-order valence-electron chi connectivity index (χ2n) is 9.76. The van der Waals surface area contributed by atoms with Crippen LogP contribution in [0.1, 0.15) is 40.0 Å². The van der Waals surface area contributed by atoms with Crippen LogP contribution in [0.2, 0.25) is 0 Å². The number of sulfonamides is 2. The second kappa shape index (κ2) is 13.7. The van der Waals surface area contributed by atoms with Crippen molar-refractivity contribution < 1.29 is 91.1 Å². The van der Waals surface area contributed by atoms with E-state index in [0.717, 1.165) is 0 Å². The molecule has 8 nitrogen and oxygen atoms in total. The molecule has 0 bridgehead atoms. The molecular formula is C19H27F15N2O6S3. The van der Waals surface area contributed by atoms with Crippen molar-refractivity contribution in [3.63, 3.8) is 0 Å². The third-order valence-electron chi connectivity index (χ3n) is 5.78. The van der Waals surface area contributed by atoms with E-state index in [1.807, 2.05) is 0 Å². The van der Waals surface area contributed by atoms with Crippen molar-refractivity contribution >= 4 is 29.9 Å². The Morgan fingerprint density at radius 2 is 0.733 bits per heavy atom. The van der Waals surface area contributed by atoms with Crippen LogP contribution in [-0.4, -0.2) is 112 Å². The Balaban J connectivity index is 0.000000751. The Kier molecular flexibility index (Phi) is 13.3. The third-order valence-corrected chi connectivity index (χ3v) is 11.3. The van der Waals surface area contributed by atoms with E-state index in [9.17, 15) is 91.1 Å². The zero-order valence-electron chi connectivity index (χ0n) is 23.1. The largest absolute Gasteiger partial charge is 0.427 e. The van der Waals surface area contributed by atoms with Gasteiger partial charge in [-0.15, -0.1) is 0 Å². The molecule has 0 atom stereocenters. The first-order valence-electron chi connectivity index (χ1n) is 12.0.